The molecule has 0 bridgehead atoms. The number of carbonyl (C=O) groups excluding carboxylic acids is 1. The van der Waals surface area contributed by atoms with Gasteiger partial charge in [0.2, 0.25) is 0 Å². The van der Waals surface area contributed by atoms with Gasteiger partial charge in [0.1, 0.15) is 5.75 Å². The van der Waals surface area contributed by atoms with Gasteiger partial charge in [-0.25, -0.2) is 5.43 Å². The van der Waals surface area contributed by atoms with E-state index >= 15 is 0 Å². The number of anilines is 1. The van der Waals surface area contributed by atoms with Crippen LogP contribution in [0.15, 0.2) is 59.7 Å². The largest absolute Gasteiger partial charge is 0.494 e. The Labute approximate surface area is 142 Å². The number of carbonyl (C=O) groups is 1. The normalized spacial score (nSPS) is 11.0. The van der Waals surface area contributed by atoms with Crippen LogP contribution in [0.5, 0.6) is 5.75 Å². The molecule has 0 aliphatic heterocycles. The van der Waals surface area contributed by atoms with Crippen molar-refractivity contribution in [1.29, 1.82) is 0 Å². The molecule has 0 saturated carbocycles. The van der Waals surface area contributed by atoms with Gasteiger partial charge in [0.25, 0.3) is 5.91 Å². The summed E-state index contributed by atoms with van der Waals surface area (Å²) in [7, 11) is 1.87. The monoisotopic (exact) mass is 325 g/mol. The summed E-state index contributed by atoms with van der Waals surface area (Å²) < 4.78 is 5.41. The summed E-state index contributed by atoms with van der Waals surface area (Å²) in [5.74, 6) is 0.661. The van der Waals surface area contributed by atoms with Gasteiger partial charge in [-0.1, -0.05) is 18.2 Å². The Morgan fingerprint density at radius 2 is 1.79 bits per heavy atom. The van der Waals surface area contributed by atoms with Crippen LogP contribution in [-0.4, -0.2) is 31.8 Å². The van der Waals surface area contributed by atoms with E-state index in [1.807, 2.05) is 80.4 Å². The topological polar surface area (TPSA) is 53.9 Å². The molecule has 0 heterocycles. The Kier molecular flexibility index (Phi) is 6.37. The first-order valence-electron chi connectivity index (χ1n) is 7.92. The summed E-state index contributed by atoms with van der Waals surface area (Å²) in [5.41, 5.74) is 5.27. The first kappa shape index (κ1) is 17.5. The number of hydrogen-bond donors (Lipinski definition) is 1. The van der Waals surface area contributed by atoms with E-state index in [1.165, 1.54) is 0 Å². The Hall–Kier alpha value is -2.82. The lowest BCUT2D eigenvalue weighted by Gasteiger charge is -2.17. The maximum absolute atomic E-state index is 12.0. The highest BCUT2D eigenvalue weighted by Gasteiger charge is 2.07. The van der Waals surface area contributed by atoms with E-state index in [-0.39, 0.29) is 12.5 Å². The molecule has 5 nitrogen and oxygen atoms in total. The third kappa shape index (κ3) is 5.12. The first-order chi connectivity index (χ1) is 11.6. The number of hydrazone groups is 1. The van der Waals surface area contributed by atoms with E-state index in [4.69, 9.17) is 4.74 Å². The standard InChI is InChI=1S/C19H23N3O2/c1-4-24-18-12-10-16(11-13-18)15(2)20-21-19(23)14-22(3)17-8-6-5-7-9-17/h5-13H,4,14H2,1-3H3,(H,21,23)/b20-15+. The van der Waals surface area contributed by atoms with Crippen molar-refractivity contribution >= 4 is 17.3 Å². The van der Waals surface area contributed by atoms with Crippen molar-refractivity contribution in [2.45, 2.75) is 13.8 Å². The lowest BCUT2D eigenvalue weighted by Crippen LogP contribution is -2.33. The van der Waals surface area contributed by atoms with E-state index in [9.17, 15) is 4.79 Å². The second kappa shape index (κ2) is 8.72. The number of ether oxygens (including phenoxy) is 1. The van der Waals surface area contributed by atoms with Crippen molar-refractivity contribution in [3.8, 4) is 5.75 Å². The van der Waals surface area contributed by atoms with E-state index < -0.39 is 0 Å². The molecule has 0 radical (unpaired) electrons. The molecule has 1 N–H and O–H groups in total. The Bertz CT molecular complexity index is 682. The lowest BCUT2D eigenvalue weighted by molar-refractivity contribution is -0.119. The van der Waals surface area contributed by atoms with E-state index in [0.717, 1.165) is 22.7 Å². The summed E-state index contributed by atoms with van der Waals surface area (Å²) in [5, 5.41) is 4.17. The predicted molar refractivity (Wildman–Crippen MR) is 97.7 cm³/mol. The molecule has 0 aliphatic rings. The summed E-state index contributed by atoms with van der Waals surface area (Å²) >= 11 is 0. The number of para-hydroxylation sites is 1. The number of nitrogens with one attached hydrogen (secondary N) is 1. The number of nitrogens with zero attached hydrogens (tertiary/aromatic N) is 2. The predicted octanol–water partition coefficient (Wildman–Crippen LogP) is 3.06. The van der Waals surface area contributed by atoms with Crippen LogP contribution >= 0.6 is 0 Å². The van der Waals surface area contributed by atoms with Gasteiger partial charge in [0, 0.05) is 12.7 Å². The molecule has 0 aromatic heterocycles. The SMILES string of the molecule is CCOc1ccc(/C(C)=N/NC(=O)CN(C)c2ccccc2)cc1. The molecule has 0 saturated heterocycles. The molecule has 0 aliphatic carbocycles. The Morgan fingerprint density at radius 1 is 1.12 bits per heavy atom. The van der Waals surface area contributed by atoms with Gasteiger partial charge in [-0.05, 0) is 55.8 Å². The molecule has 2 rings (SSSR count). The molecule has 2 aromatic carbocycles. The molecular formula is C19H23N3O2. The number of benzene rings is 2. The molecule has 1 amide bonds. The van der Waals surface area contributed by atoms with E-state index in [0.29, 0.717) is 6.61 Å². The highest BCUT2D eigenvalue weighted by molar-refractivity contribution is 5.99. The highest BCUT2D eigenvalue weighted by atomic mass is 16.5. The number of amides is 1. The van der Waals surface area contributed by atoms with Gasteiger partial charge in [-0.3, -0.25) is 4.79 Å². The number of hydrogen-bond acceptors (Lipinski definition) is 4. The average molecular weight is 325 g/mol. The summed E-state index contributed by atoms with van der Waals surface area (Å²) in [6.07, 6.45) is 0. The smallest absolute Gasteiger partial charge is 0.259 e. The summed E-state index contributed by atoms with van der Waals surface area (Å²) in [6, 6.07) is 17.4. The van der Waals surface area contributed by atoms with Crippen LogP contribution in [0.1, 0.15) is 19.4 Å². The Morgan fingerprint density at radius 3 is 2.42 bits per heavy atom. The molecule has 2 aromatic rings. The van der Waals surface area contributed by atoms with Crippen molar-refractivity contribution in [3.05, 3.63) is 60.2 Å². The van der Waals surface area contributed by atoms with Crippen molar-refractivity contribution < 1.29 is 9.53 Å². The second-order valence-electron chi connectivity index (χ2n) is 5.38. The maximum Gasteiger partial charge on any atom is 0.259 e. The molecular weight excluding hydrogens is 302 g/mol. The van der Waals surface area contributed by atoms with Crippen molar-refractivity contribution in [2.24, 2.45) is 5.10 Å². The second-order valence-corrected chi connectivity index (χ2v) is 5.38. The zero-order valence-corrected chi connectivity index (χ0v) is 14.3. The number of likely N-dealkylation sites (N-methyl/N-ethyl adjacent to an activating group) is 1. The summed E-state index contributed by atoms with van der Waals surface area (Å²) in [4.78, 5) is 13.9. The molecule has 24 heavy (non-hydrogen) atoms. The minimum absolute atomic E-state index is 0.161. The average Bonchev–Trinajstić information content (AvgIpc) is 2.61. The van der Waals surface area contributed by atoms with Crippen LogP contribution in [-0.2, 0) is 4.79 Å². The highest BCUT2D eigenvalue weighted by Crippen LogP contribution is 2.13. The van der Waals surface area contributed by atoms with Crippen LogP contribution in [0.2, 0.25) is 0 Å². The van der Waals surface area contributed by atoms with Gasteiger partial charge < -0.3 is 9.64 Å². The van der Waals surface area contributed by atoms with Gasteiger partial charge >= 0.3 is 0 Å². The minimum Gasteiger partial charge on any atom is -0.494 e. The van der Waals surface area contributed by atoms with Crippen LogP contribution in [0.25, 0.3) is 0 Å². The molecule has 5 heteroatoms. The van der Waals surface area contributed by atoms with Crippen LogP contribution in [0.4, 0.5) is 5.69 Å². The van der Waals surface area contributed by atoms with Gasteiger partial charge in [-0.15, -0.1) is 0 Å². The van der Waals surface area contributed by atoms with Crippen molar-refractivity contribution in [2.75, 3.05) is 25.1 Å². The zero-order chi connectivity index (χ0) is 17.4. The third-order valence-corrected chi connectivity index (χ3v) is 3.51. The molecule has 0 unspecified atom stereocenters. The van der Waals surface area contributed by atoms with Crippen LogP contribution < -0.4 is 15.1 Å². The fourth-order valence-corrected chi connectivity index (χ4v) is 2.19. The molecule has 0 atom stereocenters. The Balaban J connectivity index is 1.90. The first-order valence-corrected chi connectivity index (χ1v) is 7.92. The van der Waals surface area contributed by atoms with Gasteiger partial charge in [-0.2, -0.15) is 5.10 Å². The molecule has 126 valence electrons. The van der Waals surface area contributed by atoms with E-state index in [1.54, 1.807) is 0 Å². The molecule has 0 spiro atoms. The minimum atomic E-state index is -0.161. The fraction of sp³-hybridized carbons (Fsp3) is 0.263. The van der Waals surface area contributed by atoms with Crippen LogP contribution in [0.3, 0.4) is 0 Å². The summed E-state index contributed by atoms with van der Waals surface area (Å²) in [6.45, 7) is 4.68. The fourth-order valence-electron chi connectivity index (χ4n) is 2.19. The van der Waals surface area contributed by atoms with E-state index in [2.05, 4.69) is 10.5 Å². The quantitative estimate of drug-likeness (QED) is 0.629. The molecule has 0 fully saturated rings. The van der Waals surface area contributed by atoms with Gasteiger partial charge in [0.15, 0.2) is 0 Å². The zero-order valence-electron chi connectivity index (χ0n) is 14.3. The van der Waals surface area contributed by atoms with Crippen molar-refractivity contribution in [1.82, 2.24) is 5.43 Å². The lowest BCUT2D eigenvalue weighted by atomic mass is 10.1. The van der Waals surface area contributed by atoms with Crippen LogP contribution in [0, 0.1) is 0 Å². The number of rotatable bonds is 7. The third-order valence-electron chi connectivity index (χ3n) is 3.51. The maximum atomic E-state index is 12.0. The van der Waals surface area contributed by atoms with Crippen molar-refractivity contribution in [3.63, 3.8) is 0 Å². The van der Waals surface area contributed by atoms with Gasteiger partial charge in [0.05, 0.1) is 18.9 Å².